The van der Waals surface area contributed by atoms with Crippen LogP contribution >= 0.6 is 34.4 Å². The van der Waals surface area contributed by atoms with E-state index in [-0.39, 0.29) is 5.00 Å². The average molecular weight is 337 g/mol. The maximum absolute atomic E-state index is 10.6. The van der Waals surface area contributed by atoms with Gasteiger partial charge in [0.05, 0.1) is 4.92 Å². The molecule has 0 bridgehead atoms. The van der Waals surface area contributed by atoms with Crippen LogP contribution < -0.4 is 5.32 Å². The third kappa shape index (κ3) is 3.54. The Hall–Kier alpha value is -2.04. The normalized spacial score (nSPS) is 10.5. The zero-order valence-corrected chi connectivity index (χ0v) is 12.7. The van der Waals surface area contributed by atoms with Crippen molar-refractivity contribution in [2.75, 3.05) is 5.32 Å². The summed E-state index contributed by atoms with van der Waals surface area (Å²) in [6.07, 6.45) is 1.25. The molecule has 2 heterocycles. The Morgan fingerprint density at radius 2 is 1.95 bits per heavy atom. The number of hydrogen-bond acceptors (Lipinski definition) is 9. The van der Waals surface area contributed by atoms with Gasteiger partial charge in [-0.1, -0.05) is 29.5 Å². The van der Waals surface area contributed by atoms with Gasteiger partial charge in [-0.25, -0.2) is 4.98 Å². The van der Waals surface area contributed by atoms with Crippen molar-refractivity contribution in [1.82, 2.24) is 15.2 Å². The minimum absolute atomic E-state index is 0.0182. The summed E-state index contributed by atoms with van der Waals surface area (Å²) in [5.41, 5.74) is 0.926. The molecule has 3 aromatic rings. The summed E-state index contributed by atoms with van der Waals surface area (Å²) in [6.45, 7) is 0. The molecule has 3 rings (SSSR count). The lowest BCUT2D eigenvalue weighted by Crippen LogP contribution is -1.87. The molecule has 106 valence electrons. The van der Waals surface area contributed by atoms with E-state index in [1.165, 1.54) is 29.3 Å². The molecule has 0 amide bonds. The van der Waals surface area contributed by atoms with Crippen molar-refractivity contribution in [3.8, 4) is 0 Å². The highest BCUT2D eigenvalue weighted by molar-refractivity contribution is 8.02. The molecular weight excluding hydrogens is 330 g/mol. The number of rotatable bonds is 5. The molecule has 0 aliphatic carbocycles. The maximum atomic E-state index is 10.6. The minimum atomic E-state index is -0.454. The van der Waals surface area contributed by atoms with Crippen LogP contribution in [0.1, 0.15) is 0 Å². The number of para-hydroxylation sites is 1. The molecule has 1 aromatic carbocycles. The smallest absolute Gasteiger partial charge is 0.330 e. The van der Waals surface area contributed by atoms with E-state index in [9.17, 15) is 10.1 Å². The highest BCUT2D eigenvalue weighted by Gasteiger charge is 2.14. The summed E-state index contributed by atoms with van der Waals surface area (Å²) in [6, 6.07) is 9.64. The molecule has 0 saturated carbocycles. The predicted octanol–water partition coefficient (Wildman–Crippen LogP) is 3.80. The van der Waals surface area contributed by atoms with E-state index in [1.54, 1.807) is 0 Å². The lowest BCUT2D eigenvalue weighted by molar-refractivity contribution is -0.380. The fourth-order valence-electron chi connectivity index (χ4n) is 1.40. The van der Waals surface area contributed by atoms with Gasteiger partial charge in [-0.2, -0.15) is 0 Å². The van der Waals surface area contributed by atoms with Gasteiger partial charge < -0.3 is 5.32 Å². The zero-order chi connectivity index (χ0) is 14.7. The molecule has 0 radical (unpaired) electrons. The van der Waals surface area contributed by atoms with E-state index in [2.05, 4.69) is 20.5 Å². The van der Waals surface area contributed by atoms with Crippen molar-refractivity contribution in [2.45, 2.75) is 8.68 Å². The predicted molar refractivity (Wildman–Crippen MR) is 82.5 cm³/mol. The Bertz CT molecular complexity index is 758. The van der Waals surface area contributed by atoms with E-state index in [1.807, 2.05) is 30.3 Å². The van der Waals surface area contributed by atoms with Crippen LogP contribution in [-0.4, -0.2) is 20.1 Å². The highest BCUT2D eigenvalue weighted by atomic mass is 32.2. The quantitative estimate of drug-likeness (QED) is 0.559. The van der Waals surface area contributed by atoms with Crippen LogP contribution in [0.5, 0.6) is 0 Å². The fourth-order valence-corrected chi connectivity index (χ4v) is 4.16. The standard InChI is InChI=1S/C11H7N5O2S3/c17-16(18)8-6-12-10(19-8)21-11-15-14-9(20-11)13-7-4-2-1-3-5-7/h1-6H,(H,13,14). The topological polar surface area (TPSA) is 93.8 Å². The number of aromatic nitrogens is 3. The first kappa shape index (κ1) is 13.9. The van der Waals surface area contributed by atoms with E-state index >= 15 is 0 Å². The molecule has 0 atom stereocenters. The van der Waals surface area contributed by atoms with Crippen molar-refractivity contribution in [3.05, 3.63) is 46.6 Å². The molecule has 10 heteroatoms. The Balaban J connectivity index is 1.68. The summed E-state index contributed by atoms with van der Waals surface area (Å²) < 4.78 is 1.25. The summed E-state index contributed by atoms with van der Waals surface area (Å²) in [4.78, 5) is 14.1. The first-order chi connectivity index (χ1) is 10.2. The third-order valence-corrected chi connectivity index (χ3v) is 5.17. The van der Waals surface area contributed by atoms with Gasteiger partial charge in [-0.3, -0.25) is 10.1 Å². The first-order valence-corrected chi connectivity index (χ1v) is 8.09. The highest BCUT2D eigenvalue weighted by Crippen LogP contribution is 2.36. The minimum Gasteiger partial charge on any atom is -0.330 e. The van der Waals surface area contributed by atoms with Crippen LogP contribution in [0, 0.1) is 10.1 Å². The van der Waals surface area contributed by atoms with E-state index in [0.29, 0.717) is 13.8 Å². The summed E-state index contributed by atoms with van der Waals surface area (Å²) in [7, 11) is 0. The zero-order valence-electron chi connectivity index (χ0n) is 10.3. The van der Waals surface area contributed by atoms with Crippen LogP contribution in [0.25, 0.3) is 0 Å². The Morgan fingerprint density at radius 3 is 2.67 bits per heavy atom. The molecule has 0 aliphatic rings. The van der Waals surface area contributed by atoms with Crippen LogP contribution in [0.15, 0.2) is 45.2 Å². The Kier molecular flexibility index (Phi) is 4.08. The van der Waals surface area contributed by atoms with Crippen molar-refractivity contribution < 1.29 is 4.92 Å². The summed E-state index contributed by atoms with van der Waals surface area (Å²) >= 11 is 3.65. The summed E-state index contributed by atoms with van der Waals surface area (Å²) in [5.74, 6) is 0. The molecule has 0 fully saturated rings. The van der Waals surface area contributed by atoms with Gasteiger partial charge in [0.1, 0.15) is 6.20 Å². The second-order valence-electron chi connectivity index (χ2n) is 3.69. The molecule has 2 aromatic heterocycles. The molecule has 0 aliphatic heterocycles. The number of nitrogens with one attached hydrogen (secondary N) is 1. The molecule has 0 unspecified atom stereocenters. The van der Waals surface area contributed by atoms with Crippen LogP contribution in [0.4, 0.5) is 15.8 Å². The Labute approximate surface area is 131 Å². The number of thiazole rings is 1. The van der Waals surface area contributed by atoms with Crippen LogP contribution in [0.3, 0.4) is 0 Å². The second-order valence-corrected chi connectivity index (χ2v) is 7.17. The monoisotopic (exact) mass is 337 g/mol. The average Bonchev–Trinajstić information content (AvgIpc) is 3.10. The lowest BCUT2D eigenvalue weighted by Gasteiger charge is -1.99. The maximum Gasteiger partial charge on any atom is 0.344 e. The van der Waals surface area contributed by atoms with Crippen molar-refractivity contribution in [3.63, 3.8) is 0 Å². The molecular formula is C11H7N5O2S3. The van der Waals surface area contributed by atoms with E-state index < -0.39 is 4.92 Å². The molecule has 1 N–H and O–H groups in total. The number of nitro groups is 1. The van der Waals surface area contributed by atoms with E-state index in [0.717, 1.165) is 17.0 Å². The van der Waals surface area contributed by atoms with E-state index in [4.69, 9.17) is 0 Å². The van der Waals surface area contributed by atoms with Gasteiger partial charge >= 0.3 is 5.00 Å². The van der Waals surface area contributed by atoms with Gasteiger partial charge in [0, 0.05) is 5.69 Å². The van der Waals surface area contributed by atoms with Crippen molar-refractivity contribution >= 4 is 50.3 Å². The van der Waals surface area contributed by atoms with Crippen molar-refractivity contribution in [2.24, 2.45) is 0 Å². The van der Waals surface area contributed by atoms with Crippen LogP contribution in [-0.2, 0) is 0 Å². The largest absolute Gasteiger partial charge is 0.344 e. The SMILES string of the molecule is O=[N+]([O-])c1cnc(Sc2nnc(Nc3ccccc3)s2)s1. The number of benzene rings is 1. The summed E-state index contributed by atoms with van der Waals surface area (Å²) in [5, 5.41) is 22.5. The van der Waals surface area contributed by atoms with Gasteiger partial charge in [-0.05, 0) is 35.2 Å². The number of hydrogen-bond donors (Lipinski definition) is 1. The fraction of sp³-hybridized carbons (Fsp3) is 0. The van der Waals surface area contributed by atoms with Gasteiger partial charge in [0.25, 0.3) is 0 Å². The number of nitrogens with zero attached hydrogens (tertiary/aromatic N) is 4. The van der Waals surface area contributed by atoms with Crippen molar-refractivity contribution in [1.29, 1.82) is 0 Å². The molecule has 21 heavy (non-hydrogen) atoms. The van der Waals surface area contributed by atoms with Gasteiger partial charge in [0.2, 0.25) is 5.13 Å². The third-order valence-electron chi connectivity index (χ3n) is 2.26. The first-order valence-electron chi connectivity index (χ1n) is 5.64. The second kappa shape index (κ2) is 6.16. The molecule has 7 nitrogen and oxygen atoms in total. The van der Waals surface area contributed by atoms with Crippen LogP contribution in [0.2, 0.25) is 0 Å². The van der Waals surface area contributed by atoms with Gasteiger partial charge in [0.15, 0.2) is 8.68 Å². The molecule has 0 saturated heterocycles. The number of anilines is 2. The lowest BCUT2D eigenvalue weighted by atomic mass is 10.3. The molecule has 0 spiro atoms. The van der Waals surface area contributed by atoms with Gasteiger partial charge in [-0.15, -0.1) is 10.2 Å². The Morgan fingerprint density at radius 1 is 1.14 bits per heavy atom.